The van der Waals surface area contributed by atoms with Gasteiger partial charge in [0.25, 0.3) is 0 Å². The minimum Gasteiger partial charge on any atom is -0.356 e. The van der Waals surface area contributed by atoms with Gasteiger partial charge in [0.2, 0.25) is 5.91 Å². The van der Waals surface area contributed by atoms with Gasteiger partial charge in [-0.15, -0.1) is 0 Å². The Morgan fingerprint density at radius 1 is 0.909 bits per heavy atom. The highest BCUT2D eigenvalue weighted by Crippen LogP contribution is 2.18. The second-order valence-corrected chi connectivity index (χ2v) is 5.93. The first-order valence-electron chi connectivity index (χ1n) is 8.54. The van der Waals surface area contributed by atoms with E-state index < -0.39 is 0 Å². The summed E-state index contributed by atoms with van der Waals surface area (Å²) in [5.74, 6) is 0.130. The number of carbonyl (C=O) groups is 1. The molecule has 0 aliphatic heterocycles. The summed E-state index contributed by atoms with van der Waals surface area (Å²) in [6.07, 6.45) is 7.99. The summed E-state index contributed by atoms with van der Waals surface area (Å²) >= 11 is 0. The molecule has 0 aliphatic rings. The smallest absolute Gasteiger partial charge is 0.224 e. The number of unbranched alkanes of at least 4 members (excludes halogenated alkanes) is 5. The van der Waals surface area contributed by atoms with Gasteiger partial charge in [-0.1, -0.05) is 81.5 Å². The number of fused-ring (bicyclic) bond motifs is 1. The summed E-state index contributed by atoms with van der Waals surface area (Å²) in [5, 5.41) is 5.43. The lowest BCUT2D eigenvalue weighted by Crippen LogP contribution is -2.26. The van der Waals surface area contributed by atoms with Crippen molar-refractivity contribution in [3.05, 3.63) is 48.0 Å². The second-order valence-electron chi connectivity index (χ2n) is 5.93. The molecule has 0 spiro atoms. The van der Waals surface area contributed by atoms with E-state index in [1.165, 1.54) is 42.9 Å². The highest BCUT2D eigenvalue weighted by atomic mass is 16.1. The molecule has 118 valence electrons. The minimum absolute atomic E-state index is 0.130. The zero-order valence-corrected chi connectivity index (χ0v) is 13.6. The van der Waals surface area contributed by atoms with Crippen LogP contribution in [0.25, 0.3) is 10.8 Å². The predicted octanol–water partition coefficient (Wildman–Crippen LogP) is 4.86. The number of benzene rings is 2. The molecule has 0 atom stereocenters. The van der Waals surface area contributed by atoms with Crippen molar-refractivity contribution in [2.75, 3.05) is 6.54 Å². The standard InChI is InChI=1S/C20H27NO/c1-2-3-4-5-6-9-15-21-20(22)16-18-13-10-12-17-11-7-8-14-19(17)18/h7-8,10-14H,2-6,9,15-16H2,1H3,(H,21,22). The zero-order chi connectivity index (χ0) is 15.6. The summed E-state index contributed by atoms with van der Waals surface area (Å²) in [7, 11) is 0. The summed E-state index contributed by atoms with van der Waals surface area (Å²) in [4.78, 5) is 12.1. The van der Waals surface area contributed by atoms with E-state index in [9.17, 15) is 4.79 Å². The van der Waals surface area contributed by atoms with Crippen LogP contribution in [0.2, 0.25) is 0 Å². The van der Waals surface area contributed by atoms with Gasteiger partial charge in [0.1, 0.15) is 0 Å². The average molecular weight is 297 g/mol. The van der Waals surface area contributed by atoms with Gasteiger partial charge >= 0.3 is 0 Å². The largest absolute Gasteiger partial charge is 0.356 e. The van der Waals surface area contributed by atoms with E-state index in [0.29, 0.717) is 6.42 Å². The molecule has 2 rings (SSSR count). The Bertz CT molecular complexity index is 586. The van der Waals surface area contributed by atoms with Crippen molar-refractivity contribution in [3.8, 4) is 0 Å². The van der Waals surface area contributed by atoms with E-state index in [1.54, 1.807) is 0 Å². The normalized spacial score (nSPS) is 10.8. The molecule has 0 fully saturated rings. The zero-order valence-electron chi connectivity index (χ0n) is 13.6. The fourth-order valence-electron chi connectivity index (χ4n) is 2.82. The van der Waals surface area contributed by atoms with Gasteiger partial charge in [-0.05, 0) is 22.8 Å². The third-order valence-corrected chi connectivity index (χ3v) is 4.08. The monoisotopic (exact) mass is 297 g/mol. The van der Waals surface area contributed by atoms with E-state index in [-0.39, 0.29) is 5.91 Å². The van der Waals surface area contributed by atoms with Crippen LogP contribution in [0.4, 0.5) is 0 Å². The number of rotatable bonds is 9. The third kappa shape index (κ3) is 5.18. The fourth-order valence-corrected chi connectivity index (χ4v) is 2.82. The molecule has 0 saturated heterocycles. The molecule has 2 aromatic carbocycles. The SMILES string of the molecule is CCCCCCCCNC(=O)Cc1cccc2ccccc12. The lowest BCUT2D eigenvalue weighted by atomic mass is 10.0. The lowest BCUT2D eigenvalue weighted by molar-refractivity contribution is -0.120. The maximum atomic E-state index is 12.1. The summed E-state index contributed by atoms with van der Waals surface area (Å²) in [5.41, 5.74) is 1.11. The number of carbonyl (C=O) groups excluding carboxylic acids is 1. The lowest BCUT2D eigenvalue weighted by Gasteiger charge is -2.08. The Balaban J connectivity index is 1.75. The molecular weight excluding hydrogens is 270 g/mol. The van der Waals surface area contributed by atoms with E-state index in [1.807, 2.05) is 24.3 Å². The second kappa shape index (κ2) is 9.24. The van der Waals surface area contributed by atoms with Crippen LogP contribution >= 0.6 is 0 Å². The number of hydrogen-bond acceptors (Lipinski definition) is 1. The van der Waals surface area contributed by atoms with Crippen LogP contribution in [-0.2, 0) is 11.2 Å². The van der Waals surface area contributed by atoms with Gasteiger partial charge in [-0.25, -0.2) is 0 Å². The molecule has 0 bridgehead atoms. The van der Waals surface area contributed by atoms with Crippen LogP contribution in [0.5, 0.6) is 0 Å². The minimum atomic E-state index is 0.130. The number of amides is 1. The van der Waals surface area contributed by atoms with Crippen molar-refractivity contribution in [2.45, 2.75) is 51.9 Å². The van der Waals surface area contributed by atoms with Crippen molar-refractivity contribution >= 4 is 16.7 Å². The van der Waals surface area contributed by atoms with E-state index in [0.717, 1.165) is 18.5 Å². The van der Waals surface area contributed by atoms with Crippen LogP contribution in [0.15, 0.2) is 42.5 Å². The van der Waals surface area contributed by atoms with Crippen molar-refractivity contribution in [2.24, 2.45) is 0 Å². The highest BCUT2D eigenvalue weighted by molar-refractivity contribution is 5.90. The van der Waals surface area contributed by atoms with Gasteiger partial charge in [0.15, 0.2) is 0 Å². The van der Waals surface area contributed by atoms with Crippen LogP contribution < -0.4 is 5.32 Å². The Labute approximate surface area is 133 Å². The van der Waals surface area contributed by atoms with Crippen molar-refractivity contribution in [1.82, 2.24) is 5.32 Å². The Hall–Kier alpha value is -1.83. The number of hydrogen-bond donors (Lipinski definition) is 1. The Morgan fingerprint density at radius 3 is 2.50 bits per heavy atom. The molecular formula is C20H27NO. The molecule has 0 saturated carbocycles. The molecule has 1 amide bonds. The molecule has 0 aliphatic carbocycles. The van der Waals surface area contributed by atoms with E-state index >= 15 is 0 Å². The van der Waals surface area contributed by atoms with Crippen LogP contribution in [0.1, 0.15) is 51.0 Å². The van der Waals surface area contributed by atoms with Crippen molar-refractivity contribution in [1.29, 1.82) is 0 Å². The summed E-state index contributed by atoms with van der Waals surface area (Å²) in [6, 6.07) is 14.4. The molecule has 1 N–H and O–H groups in total. The Morgan fingerprint density at radius 2 is 1.64 bits per heavy atom. The first kappa shape index (κ1) is 16.5. The van der Waals surface area contributed by atoms with Gasteiger partial charge in [0.05, 0.1) is 6.42 Å². The third-order valence-electron chi connectivity index (χ3n) is 4.08. The van der Waals surface area contributed by atoms with Crippen LogP contribution in [0, 0.1) is 0 Å². The van der Waals surface area contributed by atoms with Crippen LogP contribution in [-0.4, -0.2) is 12.5 Å². The molecule has 2 nitrogen and oxygen atoms in total. The average Bonchev–Trinajstić information content (AvgIpc) is 2.54. The predicted molar refractivity (Wildman–Crippen MR) is 94.0 cm³/mol. The fraction of sp³-hybridized carbons (Fsp3) is 0.450. The Kier molecular flexibility index (Phi) is 6.95. The van der Waals surface area contributed by atoms with Crippen molar-refractivity contribution < 1.29 is 4.79 Å². The van der Waals surface area contributed by atoms with Crippen molar-refractivity contribution in [3.63, 3.8) is 0 Å². The highest BCUT2D eigenvalue weighted by Gasteiger charge is 2.06. The molecule has 2 heteroatoms. The topological polar surface area (TPSA) is 29.1 Å². The van der Waals surface area contributed by atoms with Crippen LogP contribution in [0.3, 0.4) is 0 Å². The number of nitrogens with one attached hydrogen (secondary N) is 1. The maximum Gasteiger partial charge on any atom is 0.224 e. The molecule has 0 heterocycles. The molecule has 22 heavy (non-hydrogen) atoms. The first-order chi connectivity index (χ1) is 10.8. The van der Waals surface area contributed by atoms with Gasteiger partial charge in [-0.2, -0.15) is 0 Å². The van der Waals surface area contributed by atoms with Gasteiger partial charge in [-0.3, -0.25) is 4.79 Å². The molecule has 2 aromatic rings. The van der Waals surface area contributed by atoms with E-state index in [2.05, 4.69) is 30.4 Å². The quantitative estimate of drug-likeness (QED) is 0.658. The van der Waals surface area contributed by atoms with E-state index in [4.69, 9.17) is 0 Å². The van der Waals surface area contributed by atoms with Gasteiger partial charge < -0.3 is 5.32 Å². The molecule has 0 radical (unpaired) electrons. The summed E-state index contributed by atoms with van der Waals surface area (Å²) < 4.78 is 0. The molecule has 0 unspecified atom stereocenters. The van der Waals surface area contributed by atoms with Gasteiger partial charge in [0, 0.05) is 6.54 Å². The maximum absolute atomic E-state index is 12.1. The first-order valence-corrected chi connectivity index (χ1v) is 8.54. The molecule has 0 aromatic heterocycles. The summed E-state index contributed by atoms with van der Waals surface area (Å²) in [6.45, 7) is 3.03.